The van der Waals surface area contributed by atoms with Gasteiger partial charge in [-0.05, 0) is 18.2 Å². The van der Waals surface area contributed by atoms with Crippen molar-refractivity contribution in [2.45, 2.75) is 0 Å². The highest BCUT2D eigenvalue weighted by atomic mass is 32.2. The first-order valence-electron chi connectivity index (χ1n) is 5.70. The minimum atomic E-state index is -1.10. The Labute approximate surface area is 118 Å². The van der Waals surface area contributed by atoms with Gasteiger partial charge >= 0.3 is 12.0 Å². The Balaban J connectivity index is 2.74. The molecule has 0 fully saturated rings. The molecule has 0 aliphatic heterocycles. The van der Waals surface area contributed by atoms with Crippen molar-refractivity contribution < 1.29 is 23.6 Å². The van der Waals surface area contributed by atoms with Crippen LogP contribution in [0, 0.1) is 0 Å². The van der Waals surface area contributed by atoms with Crippen LogP contribution in [0.2, 0.25) is 0 Å². The van der Waals surface area contributed by atoms with Crippen molar-refractivity contribution >= 4 is 28.5 Å². The Bertz CT molecular complexity index is 533. The molecule has 0 saturated carbocycles. The number of urea groups is 1. The third kappa shape index (κ3) is 4.88. The smallest absolute Gasteiger partial charge is 0.335 e. The molecule has 1 atom stereocenters. The fourth-order valence-electron chi connectivity index (χ4n) is 1.41. The highest BCUT2D eigenvalue weighted by Crippen LogP contribution is 2.25. The fourth-order valence-corrected chi connectivity index (χ4v) is 1.80. The number of rotatable bonds is 6. The molecule has 1 aromatic rings. The van der Waals surface area contributed by atoms with Crippen LogP contribution >= 0.6 is 0 Å². The molecule has 8 heteroatoms. The number of carboxylic acids is 1. The van der Waals surface area contributed by atoms with Gasteiger partial charge in [0.1, 0.15) is 5.75 Å². The minimum Gasteiger partial charge on any atom is -0.495 e. The lowest BCUT2D eigenvalue weighted by atomic mass is 10.2. The van der Waals surface area contributed by atoms with Crippen molar-refractivity contribution in [3.63, 3.8) is 0 Å². The maximum atomic E-state index is 11.6. The third-order valence-electron chi connectivity index (χ3n) is 2.37. The Morgan fingerprint density at radius 3 is 2.65 bits per heavy atom. The van der Waals surface area contributed by atoms with E-state index in [1.165, 1.54) is 25.3 Å². The van der Waals surface area contributed by atoms with Gasteiger partial charge in [-0.25, -0.2) is 9.59 Å². The molecular weight excluding hydrogens is 284 g/mol. The highest BCUT2D eigenvalue weighted by molar-refractivity contribution is 7.84. The summed E-state index contributed by atoms with van der Waals surface area (Å²) in [6.45, 7) is 0.260. The van der Waals surface area contributed by atoms with Crippen molar-refractivity contribution in [2.75, 3.05) is 31.0 Å². The summed E-state index contributed by atoms with van der Waals surface area (Å²) in [4.78, 5) is 22.5. The number of aromatic carboxylic acids is 1. The Morgan fingerprint density at radius 1 is 1.40 bits per heavy atom. The van der Waals surface area contributed by atoms with Crippen LogP contribution in [0.3, 0.4) is 0 Å². The number of hydrogen-bond donors (Lipinski definition) is 3. The van der Waals surface area contributed by atoms with Crippen LogP contribution in [0.5, 0.6) is 5.75 Å². The van der Waals surface area contributed by atoms with E-state index in [4.69, 9.17) is 9.84 Å². The molecule has 0 bridgehead atoms. The first-order valence-corrected chi connectivity index (χ1v) is 7.43. The molecule has 0 aliphatic rings. The lowest BCUT2D eigenvalue weighted by molar-refractivity contribution is 0.0697. The first kappa shape index (κ1) is 16.0. The van der Waals surface area contributed by atoms with Crippen LogP contribution in [-0.2, 0) is 10.8 Å². The van der Waals surface area contributed by atoms with Gasteiger partial charge in [0.2, 0.25) is 0 Å². The van der Waals surface area contributed by atoms with Crippen LogP contribution < -0.4 is 15.4 Å². The van der Waals surface area contributed by atoms with Crippen molar-refractivity contribution in [1.82, 2.24) is 5.32 Å². The normalized spacial score (nSPS) is 11.5. The second kappa shape index (κ2) is 7.49. The van der Waals surface area contributed by atoms with Gasteiger partial charge in [0.05, 0.1) is 18.4 Å². The Kier molecular flexibility index (Phi) is 5.98. The van der Waals surface area contributed by atoms with E-state index in [2.05, 4.69) is 10.6 Å². The van der Waals surface area contributed by atoms with E-state index in [9.17, 15) is 13.8 Å². The van der Waals surface area contributed by atoms with Gasteiger partial charge < -0.3 is 20.5 Å². The predicted molar refractivity (Wildman–Crippen MR) is 75.9 cm³/mol. The molecule has 0 radical (unpaired) electrons. The SMILES string of the molecule is COc1ccc(C(=O)O)cc1NC(=O)NCCS(C)=O. The molecular formula is C12H16N2O5S. The lowest BCUT2D eigenvalue weighted by Gasteiger charge is -2.11. The van der Waals surface area contributed by atoms with Crippen LogP contribution in [0.25, 0.3) is 0 Å². The number of carbonyl (C=O) groups is 2. The van der Waals surface area contributed by atoms with Gasteiger partial charge in [-0.1, -0.05) is 0 Å². The first-order chi connectivity index (χ1) is 9.43. The quantitative estimate of drug-likeness (QED) is 0.724. The summed E-state index contributed by atoms with van der Waals surface area (Å²) in [6, 6.07) is 3.62. The molecule has 7 nitrogen and oxygen atoms in total. The molecule has 110 valence electrons. The van der Waals surface area contributed by atoms with E-state index in [0.717, 1.165) is 0 Å². The molecule has 3 N–H and O–H groups in total. The monoisotopic (exact) mass is 300 g/mol. The number of carbonyl (C=O) groups excluding carboxylic acids is 1. The number of hydrogen-bond acceptors (Lipinski definition) is 4. The molecule has 0 saturated heterocycles. The molecule has 1 unspecified atom stereocenters. The topological polar surface area (TPSA) is 105 Å². The Hall–Kier alpha value is -2.09. The van der Waals surface area contributed by atoms with Gasteiger partial charge in [-0.2, -0.15) is 0 Å². The van der Waals surface area contributed by atoms with E-state index < -0.39 is 22.8 Å². The molecule has 1 aromatic carbocycles. The van der Waals surface area contributed by atoms with Gasteiger partial charge in [0.25, 0.3) is 0 Å². The third-order valence-corrected chi connectivity index (χ3v) is 3.15. The van der Waals surface area contributed by atoms with Crippen molar-refractivity contribution in [3.8, 4) is 5.75 Å². The zero-order valence-electron chi connectivity index (χ0n) is 11.1. The molecule has 0 aromatic heterocycles. The average molecular weight is 300 g/mol. The molecule has 0 heterocycles. The predicted octanol–water partition coefficient (Wildman–Crippen LogP) is 0.893. The second-order valence-corrected chi connectivity index (χ2v) is 5.43. The minimum absolute atomic E-state index is 0.0377. The van der Waals surface area contributed by atoms with Crippen LogP contribution in [0.15, 0.2) is 18.2 Å². The van der Waals surface area contributed by atoms with Gasteiger partial charge in [-0.15, -0.1) is 0 Å². The molecule has 2 amide bonds. The van der Waals surface area contributed by atoms with Crippen molar-refractivity contribution in [3.05, 3.63) is 23.8 Å². The van der Waals surface area contributed by atoms with Crippen LogP contribution in [0.4, 0.5) is 10.5 Å². The van der Waals surface area contributed by atoms with E-state index >= 15 is 0 Å². The fraction of sp³-hybridized carbons (Fsp3) is 0.333. The zero-order valence-corrected chi connectivity index (χ0v) is 12.0. The number of amides is 2. The molecule has 1 rings (SSSR count). The highest BCUT2D eigenvalue weighted by Gasteiger charge is 2.11. The number of anilines is 1. The standard InChI is InChI=1S/C12H16N2O5S/c1-19-10-4-3-8(11(15)16)7-9(10)14-12(17)13-5-6-20(2)18/h3-4,7H,5-6H2,1-2H3,(H,15,16)(H2,13,14,17). The number of methoxy groups -OCH3 is 1. The number of ether oxygens (including phenoxy) is 1. The second-order valence-electron chi connectivity index (χ2n) is 3.88. The molecule has 0 aliphatic carbocycles. The summed E-state index contributed by atoms with van der Waals surface area (Å²) in [7, 11) is 0.427. The molecule has 0 spiro atoms. The maximum absolute atomic E-state index is 11.6. The van der Waals surface area contributed by atoms with Crippen LogP contribution in [0.1, 0.15) is 10.4 Å². The van der Waals surface area contributed by atoms with Gasteiger partial charge in [0.15, 0.2) is 0 Å². The van der Waals surface area contributed by atoms with E-state index in [-0.39, 0.29) is 17.8 Å². The number of carboxylic acid groups (broad SMARTS) is 1. The molecule has 20 heavy (non-hydrogen) atoms. The number of benzene rings is 1. The number of nitrogens with one attached hydrogen (secondary N) is 2. The summed E-state index contributed by atoms with van der Waals surface area (Å²) in [6.07, 6.45) is 1.54. The lowest BCUT2D eigenvalue weighted by Crippen LogP contribution is -2.32. The van der Waals surface area contributed by atoms with Gasteiger partial charge in [0, 0.05) is 29.4 Å². The van der Waals surface area contributed by atoms with E-state index in [1.807, 2.05) is 0 Å². The summed E-state index contributed by atoms with van der Waals surface area (Å²) >= 11 is 0. The summed E-state index contributed by atoms with van der Waals surface area (Å²) in [5, 5.41) is 13.9. The maximum Gasteiger partial charge on any atom is 0.335 e. The summed E-state index contributed by atoms with van der Waals surface area (Å²) in [5.41, 5.74) is 0.290. The van der Waals surface area contributed by atoms with Crippen LogP contribution in [-0.4, -0.2) is 47.0 Å². The largest absolute Gasteiger partial charge is 0.495 e. The average Bonchev–Trinajstić information content (AvgIpc) is 2.38. The van der Waals surface area contributed by atoms with Crippen molar-refractivity contribution in [1.29, 1.82) is 0 Å². The van der Waals surface area contributed by atoms with Gasteiger partial charge in [-0.3, -0.25) is 4.21 Å². The zero-order chi connectivity index (χ0) is 15.1. The van der Waals surface area contributed by atoms with Crippen molar-refractivity contribution in [2.24, 2.45) is 0 Å². The van der Waals surface area contributed by atoms with E-state index in [1.54, 1.807) is 6.26 Å². The van der Waals surface area contributed by atoms with E-state index in [0.29, 0.717) is 11.5 Å². The Morgan fingerprint density at radius 2 is 2.10 bits per heavy atom. The summed E-state index contributed by atoms with van der Waals surface area (Å²) < 4.78 is 15.9. The summed E-state index contributed by atoms with van der Waals surface area (Å²) in [5.74, 6) is -0.401.